The number of carboxylic acid groups (broad SMARTS) is 1. The highest BCUT2D eigenvalue weighted by Gasteiger charge is 2.35. The van der Waals surface area contributed by atoms with E-state index < -0.39 is 5.97 Å². The molecule has 1 N–H and O–H groups in total. The number of aliphatic carboxylic acids is 1. The van der Waals surface area contributed by atoms with Gasteiger partial charge in [-0.15, -0.1) is 0 Å². The minimum Gasteiger partial charge on any atom is -0.480 e. The molecule has 1 aliphatic rings. The lowest BCUT2D eigenvalue weighted by Gasteiger charge is -2.31. The zero-order chi connectivity index (χ0) is 13.7. The molecule has 0 aromatic heterocycles. The first-order valence-electron chi connectivity index (χ1n) is 6.73. The first-order valence-corrected chi connectivity index (χ1v) is 6.73. The summed E-state index contributed by atoms with van der Waals surface area (Å²) in [6, 6.07) is 0.212. The Morgan fingerprint density at radius 3 is 2.33 bits per heavy atom. The van der Waals surface area contributed by atoms with E-state index in [1.165, 1.54) is 4.90 Å². The summed E-state index contributed by atoms with van der Waals surface area (Å²) < 4.78 is 0. The van der Waals surface area contributed by atoms with Crippen molar-refractivity contribution in [3.63, 3.8) is 0 Å². The highest BCUT2D eigenvalue weighted by molar-refractivity contribution is 5.80. The molecule has 0 aromatic rings. The van der Waals surface area contributed by atoms with Crippen LogP contribution >= 0.6 is 0 Å². The number of carbonyl (C=O) groups is 2. The van der Waals surface area contributed by atoms with E-state index in [9.17, 15) is 9.59 Å². The predicted molar refractivity (Wildman–Crippen MR) is 69.5 cm³/mol. The molecule has 0 atom stereocenters. The minimum absolute atomic E-state index is 0.115. The maximum Gasteiger partial charge on any atom is 0.323 e. The van der Waals surface area contributed by atoms with Crippen LogP contribution in [-0.4, -0.2) is 52.6 Å². The van der Waals surface area contributed by atoms with Crippen LogP contribution in [0, 0.1) is 5.92 Å². The van der Waals surface area contributed by atoms with Gasteiger partial charge in [0.15, 0.2) is 0 Å². The first kappa shape index (κ1) is 14.8. The van der Waals surface area contributed by atoms with Gasteiger partial charge in [-0.2, -0.15) is 0 Å². The third-order valence-corrected chi connectivity index (χ3v) is 2.89. The highest BCUT2D eigenvalue weighted by Crippen LogP contribution is 2.28. The second-order valence-electron chi connectivity index (χ2n) is 5.38. The molecule has 1 saturated carbocycles. The Labute approximate surface area is 109 Å². The van der Waals surface area contributed by atoms with Crippen LogP contribution in [0.2, 0.25) is 0 Å². The molecule has 0 unspecified atom stereocenters. The Balaban J connectivity index is 2.67. The van der Waals surface area contributed by atoms with Gasteiger partial charge in [-0.25, -0.2) is 4.79 Å². The molecule has 2 amide bonds. The average Bonchev–Trinajstić information content (AvgIpc) is 3.07. The average molecular weight is 256 g/mol. The first-order chi connectivity index (χ1) is 8.45. The number of rotatable bonds is 7. The molecule has 1 rings (SSSR count). The molecular formula is C13H24N2O3. The van der Waals surface area contributed by atoms with E-state index in [-0.39, 0.29) is 12.6 Å². The summed E-state index contributed by atoms with van der Waals surface area (Å²) >= 11 is 0. The van der Waals surface area contributed by atoms with E-state index in [0.29, 0.717) is 25.0 Å². The minimum atomic E-state index is -0.947. The Hall–Kier alpha value is -1.26. The topological polar surface area (TPSA) is 60.9 Å². The Morgan fingerprint density at radius 1 is 1.33 bits per heavy atom. The van der Waals surface area contributed by atoms with Gasteiger partial charge < -0.3 is 14.9 Å². The van der Waals surface area contributed by atoms with Gasteiger partial charge in [0.1, 0.15) is 6.54 Å². The largest absolute Gasteiger partial charge is 0.480 e. The molecule has 104 valence electrons. The summed E-state index contributed by atoms with van der Waals surface area (Å²) in [6.07, 6.45) is 2.87. The highest BCUT2D eigenvalue weighted by atomic mass is 16.4. The van der Waals surface area contributed by atoms with E-state index >= 15 is 0 Å². The van der Waals surface area contributed by atoms with Crippen molar-refractivity contribution in [1.82, 2.24) is 9.80 Å². The van der Waals surface area contributed by atoms with Crippen LogP contribution in [0.3, 0.4) is 0 Å². The monoisotopic (exact) mass is 256 g/mol. The van der Waals surface area contributed by atoms with Crippen LogP contribution in [0.25, 0.3) is 0 Å². The number of urea groups is 1. The van der Waals surface area contributed by atoms with Gasteiger partial charge in [0.25, 0.3) is 0 Å². The van der Waals surface area contributed by atoms with Crippen LogP contribution < -0.4 is 0 Å². The molecule has 0 radical (unpaired) electrons. The molecule has 5 nitrogen and oxygen atoms in total. The SMILES string of the molecule is CCCN(CC(=O)O)C(=O)N(CC(C)C)C1CC1. The van der Waals surface area contributed by atoms with Crippen molar-refractivity contribution in [1.29, 1.82) is 0 Å². The standard InChI is InChI=1S/C13H24N2O3/c1-4-7-14(9-12(16)17)13(18)15(8-10(2)3)11-5-6-11/h10-11H,4-9H2,1-3H3,(H,16,17). The van der Waals surface area contributed by atoms with E-state index in [0.717, 1.165) is 19.3 Å². The second kappa shape index (κ2) is 6.61. The number of hydrogen-bond donors (Lipinski definition) is 1. The van der Waals surface area contributed by atoms with Crippen LogP contribution in [0.1, 0.15) is 40.0 Å². The van der Waals surface area contributed by atoms with Gasteiger partial charge >= 0.3 is 12.0 Å². The zero-order valence-electron chi connectivity index (χ0n) is 11.6. The zero-order valence-corrected chi connectivity index (χ0v) is 11.6. The quantitative estimate of drug-likeness (QED) is 0.758. The Morgan fingerprint density at radius 2 is 1.94 bits per heavy atom. The molecule has 0 spiro atoms. The van der Waals surface area contributed by atoms with Gasteiger partial charge in [0, 0.05) is 19.1 Å². The normalized spacial score (nSPS) is 14.7. The van der Waals surface area contributed by atoms with Crippen LogP contribution in [0.5, 0.6) is 0 Å². The Bertz CT molecular complexity index is 301. The van der Waals surface area contributed by atoms with Crippen molar-refractivity contribution in [3.8, 4) is 0 Å². The van der Waals surface area contributed by atoms with Gasteiger partial charge in [-0.3, -0.25) is 4.79 Å². The van der Waals surface area contributed by atoms with E-state index in [4.69, 9.17) is 5.11 Å². The summed E-state index contributed by atoms with van der Waals surface area (Å²) in [5.74, 6) is -0.542. The van der Waals surface area contributed by atoms with Gasteiger partial charge in [-0.1, -0.05) is 20.8 Å². The molecule has 0 aromatic carbocycles. The Kier molecular flexibility index (Phi) is 5.44. The predicted octanol–water partition coefficient (Wildman–Crippen LogP) is 2.02. The van der Waals surface area contributed by atoms with Crippen LogP contribution in [-0.2, 0) is 4.79 Å². The summed E-state index contributed by atoms with van der Waals surface area (Å²) in [7, 11) is 0. The molecule has 18 heavy (non-hydrogen) atoms. The smallest absolute Gasteiger partial charge is 0.323 e. The number of amides is 2. The molecular weight excluding hydrogens is 232 g/mol. The van der Waals surface area contributed by atoms with E-state index in [1.54, 1.807) is 0 Å². The fourth-order valence-electron chi connectivity index (χ4n) is 2.02. The van der Waals surface area contributed by atoms with Crippen molar-refractivity contribution in [3.05, 3.63) is 0 Å². The molecule has 0 saturated heterocycles. The summed E-state index contributed by atoms with van der Waals surface area (Å²) in [6.45, 7) is 7.11. The third kappa shape index (κ3) is 4.55. The lowest BCUT2D eigenvalue weighted by molar-refractivity contribution is -0.137. The summed E-state index contributed by atoms with van der Waals surface area (Å²) in [5, 5.41) is 8.86. The lowest BCUT2D eigenvalue weighted by Crippen LogP contribution is -2.47. The maximum atomic E-state index is 12.4. The second-order valence-corrected chi connectivity index (χ2v) is 5.38. The van der Waals surface area contributed by atoms with Crippen LogP contribution in [0.4, 0.5) is 4.79 Å². The lowest BCUT2D eigenvalue weighted by atomic mass is 10.2. The van der Waals surface area contributed by atoms with Crippen molar-refractivity contribution in [2.45, 2.75) is 46.1 Å². The number of hydrogen-bond acceptors (Lipinski definition) is 2. The van der Waals surface area contributed by atoms with Gasteiger partial charge in [0.2, 0.25) is 0 Å². The maximum absolute atomic E-state index is 12.4. The molecule has 1 fully saturated rings. The molecule has 5 heteroatoms. The molecule has 1 aliphatic carbocycles. The van der Waals surface area contributed by atoms with Crippen molar-refractivity contribution < 1.29 is 14.7 Å². The molecule has 0 bridgehead atoms. The third-order valence-electron chi connectivity index (χ3n) is 2.89. The number of nitrogens with zero attached hydrogens (tertiary/aromatic N) is 2. The number of carboxylic acids is 1. The van der Waals surface area contributed by atoms with Gasteiger partial charge in [0.05, 0.1) is 0 Å². The fourth-order valence-corrected chi connectivity index (χ4v) is 2.02. The van der Waals surface area contributed by atoms with Crippen LogP contribution in [0.15, 0.2) is 0 Å². The molecule has 0 heterocycles. The number of carbonyl (C=O) groups excluding carboxylic acids is 1. The van der Waals surface area contributed by atoms with Gasteiger partial charge in [-0.05, 0) is 25.2 Å². The summed E-state index contributed by atoms with van der Waals surface area (Å²) in [5.41, 5.74) is 0. The van der Waals surface area contributed by atoms with Crippen molar-refractivity contribution in [2.75, 3.05) is 19.6 Å². The van der Waals surface area contributed by atoms with Crippen molar-refractivity contribution in [2.24, 2.45) is 5.92 Å². The fraction of sp³-hybridized carbons (Fsp3) is 0.846. The van der Waals surface area contributed by atoms with E-state index in [1.807, 2.05) is 11.8 Å². The van der Waals surface area contributed by atoms with E-state index in [2.05, 4.69) is 13.8 Å². The van der Waals surface area contributed by atoms with Crippen molar-refractivity contribution >= 4 is 12.0 Å². The molecule has 0 aliphatic heterocycles. The summed E-state index contributed by atoms with van der Waals surface area (Å²) in [4.78, 5) is 26.5.